The largest absolute Gasteiger partial charge is 2.00 e. The van der Waals surface area contributed by atoms with E-state index in [1.165, 1.54) is 17.2 Å². The van der Waals surface area contributed by atoms with E-state index in [2.05, 4.69) is 30.9 Å². The van der Waals surface area contributed by atoms with Gasteiger partial charge in [-0.05, 0) is 12.8 Å². The average molecular weight is 599 g/mol. The first-order valence-electron chi connectivity index (χ1n) is 13.3. The number of rotatable bonds is 8. The van der Waals surface area contributed by atoms with Gasteiger partial charge in [-0.3, -0.25) is 14.2 Å². The van der Waals surface area contributed by atoms with Gasteiger partial charge in [-0.1, -0.05) is 6.42 Å². The van der Waals surface area contributed by atoms with E-state index in [9.17, 15) is 19.8 Å². The number of aliphatic hydroxyl groups excluding tert-OH is 2. The first-order valence-corrected chi connectivity index (χ1v) is 13.3. The predicted molar refractivity (Wildman–Crippen MR) is 139 cm³/mol. The molecule has 4 rings (SSSR count). The van der Waals surface area contributed by atoms with Crippen LogP contribution in [0.15, 0.2) is 12.7 Å². The number of ether oxygens (including phenoxy) is 1. The van der Waals surface area contributed by atoms with Crippen LogP contribution in [0.4, 0.5) is 5.82 Å². The van der Waals surface area contributed by atoms with Gasteiger partial charge in [0.2, 0.25) is 5.91 Å². The molecule has 0 aliphatic carbocycles. The number of nitrogens with zero attached hydrogens (tertiary/aromatic N) is 5. The van der Waals surface area contributed by atoms with Gasteiger partial charge in [0.1, 0.15) is 30.2 Å². The molecule has 14 nitrogen and oxygen atoms in total. The number of anilines is 1. The van der Waals surface area contributed by atoms with Crippen molar-refractivity contribution in [1.29, 1.82) is 0 Å². The number of carbonyl (C=O) groups is 2. The number of aromatic nitrogens is 4. The quantitative estimate of drug-likeness (QED) is 0.147. The van der Waals surface area contributed by atoms with E-state index in [0.29, 0.717) is 49.9 Å². The van der Waals surface area contributed by atoms with E-state index in [-0.39, 0.29) is 43.4 Å². The molecule has 0 unspecified atom stereocenters. The zero-order chi connectivity index (χ0) is 26.9. The number of fused-ring (bicyclic) bond motifs is 1. The maximum atomic E-state index is 12.8. The summed E-state index contributed by atoms with van der Waals surface area (Å²) in [6, 6.07) is 0. The minimum Gasteiger partial charge on any atom is -0.387 e. The van der Waals surface area contributed by atoms with Crippen LogP contribution in [0.25, 0.3) is 11.2 Å². The Kier molecular flexibility index (Phi) is 12.6. The van der Waals surface area contributed by atoms with Crippen LogP contribution in [0.1, 0.15) is 38.3 Å². The molecular weight excluding hydrogens is 560 g/mol. The Balaban J connectivity index is 0.00000420. The Labute approximate surface area is 240 Å². The second-order valence-electron chi connectivity index (χ2n) is 9.67. The van der Waals surface area contributed by atoms with E-state index < -0.39 is 24.5 Å². The minimum atomic E-state index is -1.38. The Morgan fingerprint density at radius 2 is 1.56 bits per heavy atom. The molecule has 2 aromatic heterocycles. The van der Waals surface area contributed by atoms with Crippen LogP contribution < -0.4 is 21.7 Å². The molecule has 0 aromatic carbocycles. The van der Waals surface area contributed by atoms with Crippen LogP contribution in [0.2, 0.25) is 0 Å². The number of amides is 1. The standard InChI is InChI=1S/C24H39N9O5.Zn/c25-22-18-23(30-14-29-22)33(15-31-18)24-20(37)19(36)21(38-24)16(34)4-2-1-3-5-17(35)32-12-10-27-8-6-26-7-9-28-11-13-32;/h14-15,19-21,24,26-28,36-37H,1-13H2,(H2,25,29,30);/q;+2/t19-,20+,21+,24+;/m0./s1. The van der Waals surface area contributed by atoms with Crippen LogP contribution in [0.3, 0.4) is 0 Å². The van der Waals surface area contributed by atoms with Gasteiger partial charge in [0.25, 0.3) is 0 Å². The number of unbranched alkanes of at least 4 members (excludes halogenated alkanes) is 2. The molecule has 39 heavy (non-hydrogen) atoms. The maximum Gasteiger partial charge on any atom is 2.00 e. The number of nitrogens with one attached hydrogen (secondary N) is 3. The van der Waals surface area contributed by atoms with Gasteiger partial charge >= 0.3 is 19.5 Å². The molecule has 4 atom stereocenters. The van der Waals surface area contributed by atoms with E-state index in [1.807, 2.05) is 4.90 Å². The number of hydrogen-bond acceptors (Lipinski definition) is 12. The normalized spacial score (nSPS) is 25.0. The van der Waals surface area contributed by atoms with Gasteiger partial charge in [0.05, 0.1) is 6.33 Å². The molecule has 0 radical (unpaired) electrons. The number of nitrogens with two attached hydrogens (primary N) is 1. The number of hydrogen-bond donors (Lipinski definition) is 6. The molecule has 2 aromatic rings. The van der Waals surface area contributed by atoms with E-state index in [4.69, 9.17) is 10.5 Å². The van der Waals surface area contributed by atoms with Crippen LogP contribution in [-0.2, 0) is 33.8 Å². The van der Waals surface area contributed by atoms with E-state index in [0.717, 1.165) is 39.3 Å². The van der Waals surface area contributed by atoms with Crippen molar-refractivity contribution in [3.63, 3.8) is 0 Å². The molecule has 7 N–H and O–H groups in total. The SMILES string of the molecule is Nc1ncnc2c1ncn2[C@@H]1O[C@H](C(=O)CCCCCC(=O)N2CCNCCNCCNCC2)[C@@H](O)[C@H]1O.[Zn+2]. The zero-order valence-electron chi connectivity index (χ0n) is 22.3. The minimum absolute atomic E-state index is 0. The Bertz CT molecular complexity index is 1060. The number of carbonyl (C=O) groups excluding carboxylic acids is 2. The third-order valence-electron chi connectivity index (χ3n) is 6.96. The monoisotopic (exact) mass is 597 g/mol. The fourth-order valence-electron chi connectivity index (χ4n) is 4.78. The van der Waals surface area contributed by atoms with Crippen molar-refractivity contribution in [3.8, 4) is 0 Å². The summed E-state index contributed by atoms with van der Waals surface area (Å²) in [6.07, 6.45) is 0.300. The van der Waals surface area contributed by atoms with Crippen molar-refractivity contribution < 1.29 is 44.0 Å². The molecular formula is C24H39N9O5Zn+2. The summed E-state index contributed by atoms with van der Waals surface area (Å²) in [5, 5.41) is 31.1. The number of ketones is 1. The maximum absolute atomic E-state index is 12.8. The second kappa shape index (κ2) is 15.6. The van der Waals surface area contributed by atoms with Gasteiger partial charge in [-0.25, -0.2) is 15.0 Å². The van der Waals surface area contributed by atoms with Crippen LogP contribution >= 0.6 is 0 Å². The summed E-state index contributed by atoms with van der Waals surface area (Å²) < 4.78 is 7.21. The molecule has 0 bridgehead atoms. The van der Waals surface area contributed by atoms with Gasteiger partial charge in [-0.2, -0.15) is 0 Å². The molecule has 15 heteroatoms. The van der Waals surface area contributed by atoms with Gasteiger partial charge in [0.15, 0.2) is 23.5 Å². The summed E-state index contributed by atoms with van der Waals surface area (Å²) in [4.78, 5) is 39.6. The summed E-state index contributed by atoms with van der Waals surface area (Å²) in [5.41, 5.74) is 6.50. The van der Waals surface area contributed by atoms with Crippen LogP contribution in [-0.4, -0.2) is 117 Å². The van der Waals surface area contributed by atoms with E-state index >= 15 is 0 Å². The fraction of sp³-hybridized carbons (Fsp3) is 0.708. The summed E-state index contributed by atoms with van der Waals surface area (Å²) in [5.74, 6) is 0.00759. The molecule has 0 spiro atoms. The van der Waals surface area contributed by atoms with Crippen molar-refractivity contribution >= 4 is 28.7 Å². The Morgan fingerprint density at radius 1 is 0.923 bits per heavy atom. The number of nitrogen functional groups attached to an aromatic ring is 1. The van der Waals surface area contributed by atoms with Crippen LogP contribution in [0.5, 0.6) is 0 Å². The van der Waals surface area contributed by atoms with Crippen molar-refractivity contribution in [1.82, 2.24) is 40.4 Å². The molecule has 4 heterocycles. The first kappa shape index (κ1) is 31.4. The first-order chi connectivity index (χ1) is 18.5. The summed E-state index contributed by atoms with van der Waals surface area (Å²) >= 11 is 0. The number of Topliss-reactive ketones (excluding diaryl/α,β-unsaturated/α-hetero) is 1. The Hall–Kier alpha value is -2.13. The molecule has 2 saturated heterocycles. The predicted octanol–water partition coefficient (Wildman–Crippen LogP) is -1.84. The molecule has 2 aliphatic heterocycles. The Morgan fingerprint density at radius 3 is 2.26 bits per heavy atom. The smallest absolute Gasteiger partial charge is 0.387 e. The summed E-state index contributed by atoms with van der Waals surface area (Å²) in [7, 11) is 0. The zero-order valence-corrected chi connectivity index (χ0v) is 25.3. The number of aliphatic hydroxyl groups is 2. The average Bonchev–Trinajstić information content (AvgIpc) is 3.45. The summed E-state index contributed by atoms with van der Waals surface area (Å²) in [6.45, 7) is 6.41. The van der Waals surface area contributed by atoms with Crippen molar-refractivity contribution in [2.45, 2.75) is 56.6 Å². The second-order valence-corrected chi connectivity index (χ2v) is 9.67. The molecule has 1 amide bonds. The van der Waals surface area contributed by atoms with Crippen molar-refractivity contribution in [2.75, 3.05) is 58.1 Å². The van der Waals surface area contributed by atoms with Gasteiger partial charge in [0, 0.05) is 65.2 Å². The molecule has 210 valence electrons. The van der Waals surface area contributed by atoms with E-state index in [1.54, 1.807) is 0 Å². The van der Waals surface area contributed by atoms with Crippen molar-refractivity contribution in [2.24, 2.45) is 0 Å². The number of imidazole rings is 1. The molecule has 0 saturated carbocycles. The molecule has 2 fully saturated rings. The third-order valence-corrected chi connectivity index (χ3v) is 6.96. The topological polar surface area (TPSA) is 193 Å². The third kappa shape index (κ3) is 8.19. The molecule has 2 aliphatic rings. The van der Waals surface area contributed by atoms with Gasteiger partial charge in [-0.15, -0.1) is 0 Å². The fourth-order valence-corrected chi connectivity index (χ4v) is 4.78. The van der Waals surface area contributed by atoms with Gasteiger partial charge < -0.3 is 41.5 Å². The van der Waals surface area contributed by atoms with Crippen LogP contribution in [0, 0.1) is 0 Å². The van der Waals surface area contributed by atoms with Crippen molar-refractivity contribution in [3.05, 3.63) is 12.7 Å².